The topological polar surface area (TPSA) is 41.1 Å². The molecule has 3 heterocycles. The van der Waals surface area contributed by atoms with Gasteiger partial charge in [-0.05, 0) is 18.6 Å². The molecule has 1 aliphatic rings. The smallest absolute Gasteiger partial charge is 0.314 e. The number of rotatable bonds is 3. The second-order valence-electron chi connectivity index (χ2n) is 5.48. The van der Waals surface area contributed by atoms with Gasteiger partial charge in [0.05, 0.1) is 9.88 Å². The number of aromatic nitrogens is 2. The number of pyridine rings is 1. The molecule has 0 saturated carbocycles. The van der Waals surface area contributed by atoms with Gasteiger partial charge >= 0.3 is 6.18 Å². The molecule has 2 aromatic heterocycles. The molecule has 1 fully saturated rings. The third-order valence-electron chi connectivity index (χ3n) is 3.84. The number of hydrogen-bond donors (Lipinski definition) is 1. The normalized spacial score (nSPS) is 19.1. The maximum atomic E-state index is 13.1. The Labute approximate surface area is 148 Å². The summed E-state index contributed by atoms with van der Waals surface area (Å²) in [4.78, 5) is 10.2. The van der Waals surface area contributed by atoms with Gasteiger partial charge in [-0.2, -0.15) is 13.2 Å². The van der Waals surface area contributed by atoms with Crippen molar-refractivity contribution in [3.63, 3.8) is 0 Å². The second kappa shape index (κ2) is 7.77. The summed E-state index contributed by atoms with van der Waals surface area (Å²) in [6.07, 6.45) is -0.941. The third-order valence-corrected chi connectivity index (χ3v) is 4.80. The lowest BCUT2D eigenvalue weighted by molar-refractivity contribution is -0.141. The zero-order valence-electron chi connectivity index (χ0n) is 13.0. The van der Waals surface area contributed by atoms with Crippen molar-refractivity contribution in [2.45, 2.75) is 25.7 Å². The number of aryl methyl sites for hydroxylation is 1. The Balaban J connectivity index is 0.00000208. The molecule has 1 aliphatic heterocycles. The van der Waals surface area contributed by atoms with Gasteiger partial charge < -0.3 is 5.32 Å². The number of nitrogens with zero attached hydrogens (tertiary/aromatic N) is 3. The van der Waals surface area contributed by atoms with Crippen molar-refractivity contribution in [1.29, 1.82) is 0 Å². The summed E-state index contributed by atoms with van der Waals surface area (Å²) < 4.78 is 39.4. The van der Waals surface area contributed by atoms with E-state index >= 15 is 0 Å². The highest BCUT2D eigenvalue weighted by Crippen LogP contribution is 2.36. The molecule has 0 bridgehead atoms. The van der Waals surface area contributed by atoms with Crippen LogP contribution in [0.5, 0.6) is 0 Å². The molecule has 2 aromatic rings. The van der Waals surface area contributed by atoms with Crippen molar-refractivity contribution < 1.29 is 13.2 Å². The molecule has 1 unspecified atom stereocenters. The predicted molar refractivity (Wildman–Crippen MR) is 89.4 cm³/mol. The van der Waals surface area contributed by atoms with E-state index in [4.69, 9.17) is 0 Å². The molecular formula is C15H18ClF3N4S. The van der Waals surface area contributed by atoms with Crippen LogP contribution in [0, 0.1) is 6.92 Å². The van der Waals surface area contributed by atoms with E-state index in [1.807, 2.05) is 12.1 Å². The van der Waals surface area contributed by atoms with E-state index < -0.39 is 11.9 Å². The number of alkyl halides is 3. The summed E-state index contributed by atoms with van der Waals surface area (Å²) in [5.74, 6) is 0. The highest BCUT2D eigenvalue weighted by Gasteiger charge is 2.38. The van der Waals surface area contributed by atoms with Crippen molar-refractivity contribution in [3.8, 4) is 0 Å². The van der Waals surface area contributed by atoms with Gasteiger partial charge in [0.2, 0.25) is 0 Å². The first-order chi connectivity index (χ1) is 10.9. The zero-order chi connectivity index (χ0) is 16.4. The Hall–Kier alpha value is -1.22. The molecule has 0 amide bonds. The summed E-state index contributed by atoms with van der Waals surface area (Å²) in [5, 5.41) is 3.74. The van der Waals surface area contributed by atoms with E-state index in [2.05, 4.69) is 20.2 Å². The van der Waals surface area contributed by atoms with Crippen LogP contribution in [0.3, 0.4) is 0 Å². The molecule has 0 aliphatic carbocycles. The summed E-state index contributed by atoms with van der Waals surface area (Å²) in [6.45, 7) is 4.01. The van der Waals surface area contributed by atoms with Crippen LogP contribution in [-0.4, -0.2) is 34.5 Å². The number of nitrogens with one attached hydrogen (secondary N) is 1. The van der Waals surface area contributed by atoms with Crippen LogP contribution < -0.4 is 5.32 Å². The highest BCUT2D eigenvalue weighted by molar-refractivity contribution is 7.11. The fourth-order valence-electron chi connectivity index (χ4n) is 2.82. The molecule has 4 nitrogen and oxygen atoms in total. The lowest BCUT2D eigenvalue weighted by Gasteiger charge is -2.36. The zero-order valence-corrected chi connectivity index (χ0v) is 14.6. The number of piperazine rings is 1. The van der Waals surface area contributed by atoms with Crippen LogP contribution in [0.1, 0.15) is 27.2 Å². The molecule has 0 aromatic carbocycles. The van der Waals surface area contributed by atoms with E-state index in [0.717, 1.165) is 23.4 Å². The van der Waals surface area contributed by atoms with Crippen molar-refractivity contribution >= 4 is 23.7 Å². The molecule has 9 heteroatoms. The lowest BCUT2D eigenvalue weighted by atomic mass is 10.1. The Morgan fingerprint density at radius 1 is 1.42 bits per heavy atom. The Morgan fingerprint density at radius 3 is 2.88 bits per heavy atom. The summed E-state index contributed by atoms with van der Waals surface area (Å²) in [6, 6.07) is 3.82. The molecular weight excluding hydrogens is 361 g/mol. The molecule has 24 heavy (non-hydrogen) atoms. The van der Waals surface area contributed by atoms with Crippen molar-refractivity contribution in [2.75, 3.05) is 19.6 Å². The third kappa shape index (κ3) is 4.24. The largest absolute Gasteiger partial charge is 0.434 e. The van der Waals surface area contributed by atoms with Gasteiger partial charge in [0.1, 0.15) is 0 Å². The van der Waals surface area contributed by atoms with Gasteiger partial charge in [-0.25, -0.2) is 4.98 Å². The summed E-state index contributed by atoms with van der Waals surface area (Å²) in [5.41, 5.74) is 0.262. The van der Waals surface area contributed by atoms with Crippen molar-refractivity contribution in [2.24, 2.45) is 0 Å². The van der Waals surface area contributed by atoms with Crippen molar-refractivity contribution in [3.05, 3.63) is 45.7 Å². The monoisotopic (exact) mass is 378 g/mol. The number of thiazole rings is 1. The minimum atomic E-state index is -4.40. The molecule has 0 spiro atoms. The molecule has 1 N–H and O–H groups in total. The van der Waals surface area contributed by atoms with Crippen LogP contribution in [0.25, 0.3) is 0 Å². The molecule has 3 rings (SSSR count). The number of halogens is 4. The van der Waals surface area contributed by atoms with E-state index in [-0.39, 0.29) is 29.9 Å². The van der Waals surface area contributed by atoms with Gasteiger partial charge in [0.15, 0.2) is 5.69 Å². The van der Waals surface area contributed by atoms with Crippen LogP contribution in [0.15, 0.2) is 24.5 Å². The maximum absolute atomic E-state index is 13.1. The standard InChI is InChI=1S/C15H17F3N4S.ClH/c1-10-21-14(15(16,17)18)13(23-10)9-22-6-5-20-8-12(22)11-3-2-4-19-7-11;/h2-4,7,12,20H,5-6,8-9H2,1H3;1H. The first-order valence-electron chi connectivity index (χ1n) is 7.33. The fraction of sp³-hybridized carbons (Fsp3) is 0.467. The van der Waals surface area contributed by atoms with Crippen LogP contribution in [-0.2, 0) is 12.7 Å². The van der Waals surface area contributed by atoms with Crippen LogP contribution in [0.4, 0.5) is 13.2 Å². The van der Waals surface area contributed by atoms with Gasteiger partial charge in [-0.15, -0.1) is 23.7 Å². The predicted octanol–water partition coefficient (Wildman–Crippen LogP) is 3.43. The summed E-state index contributed by atoms with van der Waals surface area (Å²) >= 11 is 1.12. The molecule has 1 saturated heterocycles. The van der Waals surface area contributed by atoms with E-state index in [1.165, 1.54) is 0 Å². The van der Waals surface area contributed by atoms with E-state index in [9.17, 15) is 13.2 Å². The first-order valence-corrected chi connectivity index (χ1v) is 8.15. The summed E-state index contributed by atoms with van der Waals surface area (Å²) in [7, 11) is 0. The average Bonchev–Trinajstić information content (AvgIpc) is 2.89. The van der Waals surface area contributed by atoms with Crippen LogP contribution >= 0.6 is 23.7 Å². The Morgan fingerprint density at radius 2 is 2.21 bits per heavy atom. The van der Waals surface area contributed by atoms with E-state index in [1.54, 1.807) is 19.3 Å². The minimum Gasteiger partial charge on any atom is -0.314 e. The quantitative estimate of drug-likeness (QED) is 0.888. The van der Waals surface area contributed by atoms with Gasteiger partial charge in [0.25, 0.3) is 0 Å². The Bertz CT molecular complexity index is 662. The lowest BCUT2D eigenvalue weighted by Crippen LogP contribution is -2.45. The molecule has 1 atom stereocenters. The van der Waals surface area contributed by atoms with E-state index in [0.29, 0.717) is 18.1 Å². The SMILES string of the molecule is Cc1nc(C(F)(F)F)c(CN2CCNCC2c2cccnc2)s1.Cl. The first kappa shape index (κ1) is 19.1. The average molecular weight is 379 g/mol. The number of hydrogen-bond acceptors (Lipinski definition) is 5. The fourth-order valence-corrected chi connectivity index (χ4v) is 3.80. The van der Waals surface area contributed by atoms with Crippen molar-refractivity contribution in [1.82, 2.24) is 20.2 Å². The van der Waals surface area contributed by atoms with Crippen LogP contribution in [0.2, 0.25) is 0 Å². The Kier molecular flexibility index (Phi) is 6.19. The molecule has 132 valence electrons. The van der Waals surface area contributed by atoms with Gasteiger partial charge in [0, 0.05) is 44.6 Å². The maximum Gasteiger partial charge on any atom is 0.434 e. The molecule has 0 radical (unpaired) electrons. The van der Waals surface area contributed by atoms with Gasteiger partial charge in [-0.1, -0.05) is 6.07 Å². The minimum absolute atomic E-state index is 0. The highest BCUT2D eigenvalue weighted by atomic mass is 35.5. The second-order valence-corrected chi connectivity index (χ2v) is 6.77. The van der Waals surface area contributed by atoms with Gasteiger partial charge in [-0.3, -0.25) is 9.88 Å².